The van der Waals surface area contributed by atoms with Crippen molar-refractivity contribution in [2.75, 3.05) is 20.0 Å². The molecule has 0 radical (unpaired) electrons. The number of carbonyl (C=O) groups is 1. The van der Waals surface area contributed by atoms with Crippen molar-refractivity contribution < 1.29 is 14.3 Å². The van der Waals surface area contributed by atoms with Crippen LogP contribution in [0, 0.1) is 0 Å². The van der Waals surface area contributed by atoms with Gasteiger partial charge in [-0.3, -0.25) is 4.79 Å². The SMILES string of the molecule is COc1cccc(CNC(=O)CSC(C)(C)C)c1OC. The highest BCUT2D eigenvalue weighted by Gasteiger charge is 2.14. The molecule has 0 atom stereocenters. The fourth-order valence-electron chi connectivity index (χ4n) is 1.62. The molecule has 0 spiro atoms. The van der Waals surface area contributed by atoms with Gasteiger partial charge in [0.15, 0.2) is 11.5 Å². The maximum Gasteiger partial charge on any atom is 0.230 e. The number of hydrogen-bond donors (Lipinski definition) is 1. The Hall–Kier alpha value is -1.36. The Kier molecular flexibility index (Phi) is 6.20. The number of nitrogens with one attached hydrogen (secondary N) is 1. The van der Waals surface area contributed by atoms with E-state index in [1.165, 1.54) is 0 Å². The van der Waals surface area contributed by atoms with Crippen LogP contribution in [0.25, 0.3) is 0 Å². The number of rotatable bonds is 6. The second-order valence-corrected chi connectivity index (χ2v) is 7.13. The predicted molar refractivity (Wildman–Crippen MR) is 83.6 cm³/mol. The number of ether oxygens (including phenoxy) is 2. The zero-order valence-electron chi connectivity index (χ0n) is 12.8. The molecule has 0 bridgehead atoms. The van der Waals surface area contributed by atoms with E-state index in [1.54, 1.807) is 26.0 Å². The van der Waals surface area contributed by atoms with E-state index in [9.17, 15) is 4.79 Å². The highest BCUT2D eigenvalue weighted by Crippen LogP contribution is 2.30. The molecule has 1 amide bonds. The first-order chi connectivity index (χ1) is 9.37. The number of para-hydroxylation sites is 1. The molecule has 0 fully saturated rings. The quantitative estimate of drug-likeness (QED) is 0.877. The van der Waals surface area contributed by atoms with E-state index >= 15 is 0 Å². The van der Waals surface area contributed by atoms with Gasteiger partial charge in [-0.05, 0) is 6.07 Å². The molecule has 0 aliphatic carbocycles. The summed E-state index contributed by atoms with van der Waals surface area (Å²) in [6, 6.07) is 5.63. The number of amides is 1. The van der Waals surface area contributed by atoms with Crippen molar-refractivity contribution in [1.29, 1.82) is 0 Å². The average molecular weight is 297 g/mol. The van der Waals surface area contributed by atoms with Gasteiger partial charge in [-0.2, -0.15) is 0 Å². The van der Waals surface area contributed by atoms with Crippen molar-refractivity contribution in [1.82, 2.24) is 5.32 Å². The van der Waals surface area contributed by atoms with E-state index in [1.807, 2.05) is 18.2 Å². The molecule has 0 aliphatic rings. The van der Waals surface area contributed by atoms with Gasteiger partial charge >= 0.3 is 0 Å². The molecule has 0 unspecified atom stereocenters. The van der Waals surface area contributed by atoms with Crippen LogP contribution in [0.2, 0.25) is 0 Å². The molecule has 0 heterocycles. The van der Waals surface area contributed by atoms with Crippen LogP contribution in [0.3, 0.4) is 0 Å². The Morgan fingerprint density at radius 1 is 1.25 bits per heavy atom. The molecule has 1 rings (SSSR count). The van der Waals surface area contributed by atoms with Gasteiger partial charge in [-0.25, -0.2) is 0 Å². The molecule has 1 N–H and O–H groups in total. The van der Waals surface area contributed by atoms with E-state index in [0.717, 1.165) is 5.56 Å². The smallest absolute Gasteiger partial charge is 0.230 e. The first-order valence-corrected chi connectivity index (χ1v) is 7.46. The van der Waals surface area contributed by atoms with E-state index < -0.39 is 0 Å². The maximum absolute atomic E-state index is 11.8. The summed E-state index contributed by atoms with van der Waals surface area (Å²) in [6.07, 6.45) is 0. The predicted octanol–water partition coefficient (Wildman–Crippen LogP) is 2.85. The first kappa shape index (κ1) is 16.7. The van der Waals surface area contributed by atoms with Gasteiger partial charge in [0.25, 0.3) is 0 Å². The van der Waals surface area contributed by atoms with Gasteiger partial charge in [0.05, 0.1) is 20.0 Å². The second-order valence-electron chi connectivity index (χ2n) is 5.33. The van der Waals surface area contributed by atoms with Crippen molar-refractivity contribution in [2.45, 2.75) is 32.1 Å². The lowest BCUT2D eigenvalue weighted by atomic mass is 10.2. The van der Waals surface area contributed by atoms with E-state index in [2.05, 4.69) is 26.1 Å². The van der Waals surface area contributed by atoms with Crippen LogP contribution in [0.4, 0.5) is 0 Å². The van der Waals surface area contributed by atoms with Gasteiger partial charge in [-0.15, -0.1) is 11.8 Å². The zero-order valence-corrected chi connectivity index (χ0v) is 13.6. The van der Waals surface area contributed by atoms with Crippen molar-refractivity contribution in [3.63, 3.8) is 0 Å². The molecule has 112 valence electrons. The third-order valence-electron chi connectivity index (χ3n) is 2.60. The molecule has 20 heavy (non-hydrogen) atoms. The van der Waals surface area contributed by atoms with Crippen molar-refractivity contribution in [3.8, 4) is 11.5 Å². The highest BCUT2D eigenvalue weighted by molar-refractivity contribution is 8.01. The molecule has 0 aromatic heterocycles. The van der Waals surface area contributed by atoms with Crippen LogP contribution in [0.1, 0.15) is 26.3 Å². The lowest BCUT2D eigenvalue weighted by molar-refractivity contribution is -0.118. The minimum Gasteiger partial charge on any atom is -0.493 e. The van der Waals surface area contributed by atoms with Gasteiger partial charge in [0, 0.05) is 16.9 Å². The Morgan fingerprint density at radius 3 is 2.50 bits per heavy atom. The van der Waals surface area contributed by atoms with Gasteiger partial charge in [0.1, 0.15) is 0 Å². The summed E-state index contributed by atoms with van der Waals surface area (Å²) in [6.45, 7) is 6.71. The summed E-state index contributed by atoms with van der Waals surface area (Å²) in [5.74, 6) is 1.81. The number of methoxy groups -OCH3 is 2. The minimum atomic E-state index is 0.0230. The summed E-state index contributed by atoms with van der Waals surface area (Å²) in [5, 5.41) is 2.90. The largest absolute Gasteiger partial charge is 0.493 e. The molecule has 5 heteroatoms. The van der Waals surface area contributed by atoms with Crippen LogP contribution in [-0.4, -0.2) is 30.6 Å². The van der Waals surface area contributed by atoms with Gasteiger partial charge < -0.3 is 14.8 Å². The highest BCUT2D eigenvalue weighted by atomic mass is 32.2. The number of thioether (sulfide) groups is 1. The lowest BCUT2D eigenvalue weighted by Gasteiger charge is -2.17. The first-order valence-electron chi connectivity index (χ1n) is 6.48. The van der Waals surface area contributed by atoms with Gasteiger partial charge in [0.2, 0.25) is 5.91 Å². The van der Waals surface area contributed by atoms with E-state index in [-0.39, 0.29) is 10.7 Å². The number of benzene rings is 1. The second kappa shape index (κ2) is 7.43. The molecular formula is C15H23NO3S. The minimum absolute atomic E-state index is 0.0230. The Balaban J connectivity index is 2.59. The maximum atomic E-state index is 11.8. The van der Waals surface area contributed by atoms with Crippen LogP contribution in [0.15, 0.2) is 18.2 Å². The summed E-state index contributed by atoms with van der Waals surface area (Å²) in [7, 11) is 3.19. The fraction of sp³-hybridized carbons (Fsp3) is 0.533. The van der Waals surface area contributed by atoms with Crippen molar-refractivity contribution >= 4 is 17.7 Å². The van der Waals surface area contributed by atoms with E-state index in [0.29, 0.717) is 23.8 Å². The Bertz CT molecular complexity index is 455. The Morgan fingerprint density at radius 2 is 1.95 bits per heavy atom. The monoisotopic (exact) mass is 297 g/mol. The average Bonchev–Trinajstić information content (AvgIpc) is 2.41. The van der Waals surface area contributed by atoms with Gasteiger partial charge in [-0.1, -0.05) is 32.9 Å². The normalized spacial score (nSPS) is 11.1. The molecule has 0 aliphatic heterocycles. The summed E-state index contributed by atoms with van der Waals surface area (Å²) in [4.78, 5) is 11.8. The summed E-state index contributed by atoms with van der Waals surface area (Å²) < 4.78 is 10.7. The molecule has 4 nitrogen and oxygen atoms in total. The lowest BCUT2D eigenvalue weighted by Crippen LogP contribution is -2.26. The standard InChI is InChI=1S/C15H23NO3S/c1-15(2,3)20-10-13(17)16-9-11-7-6-8-12(18-4)14(11)19-5/h6-8H,9-10H2,1-5H3,(H,16,17). The fourth-order valence-corrected chi connectivity index (χ4v) is 2.29. The van der Waals surface area contributed by atoms with E-state index in [4.69, 9.17) is 9.47 Å². The number of hydrogen-bond acceptors (Lipinski definition) is 4. The Labute approximate surface area is 125 Å². The summed E-state index contributed by atoms with van der Waals surface area (Å²) >= 11 is 1.63. The van der Waals surface area contributed by atoms with Crippen LogP contribution < -0.4 is 14.8 Å². The molecule has 0 saturated carbocycles. The molecular weight excluding hydrogens is 274 g/mol. The van der Waals surface area contributed by atoms with Crippen molar-refractivity contribution in [3.05, 3.63) is 23.8 Å². The van der Waals surface area contributed by atoms with Crippen LogP contribution in [-0.2, 0) is 11.3 Å². The topological polar surface area (TPSA) is 47.6 Å². The summed E-state index contributed by atoms with van der Waals surface area (Å²) in [5.41, 5.74) is 0.904. The van der Waals surface area contributed by atoms with Crippen LogP contribution >= 0.6 is 11.8 Å². The van der Waals surface area contributed by atoms with Crippen molar-refractivity contribution in [2.24, 2.45) is 0 Å². The number of carbonyl (C=O) groups excluding carboxylic acids is 1. The third kappa shape index (κ3) is 5.33. The molecule has 0 saturated heterocycles. The zero-order chi connectivity index (χ0) is 15.2. The molecule has 1 aromatic rings. The third-order valence-corrected chi connectivity index (χ3v) is 3.87. The van der Waals surface area contributed by atoms with Crippen LogP contribution in [0.5, 0.6) is 11.5 Å². The molecule has 1 aromatic carbocycles.